The Balaban J connectivity index is 1.86. The van der Waals surface area contributed by atoms with Crippen molar-refractivity contribution in [2.45, 2.75) is 6.42 Å². The molecule has 0 aliphatic heterocycles. The summed E-state index contributed by atoms with van der Waals surface area (Å²) in [5.74, 6) is 0.694. The average molecular weight is 444 g/mol. The van der Waals surface area contributed by atoms with Gasteiger partial charge in [-0.25, -0.2) is 9.37 Å². The van der Waals surface area contributed by atoms with E-state index in [0.717, 1.165) is 30.8 Å². The molecule has 0 bridgehead atoms. The molecule has 0 unspecified atom stereocenters. The van der Waals surface area contributed by atoms with Crippen molar-refractivity contribution in [3.63, 3.8) is 0 Å². The Morgan fingerprint density at radius 1 is 1.04 bits per heavy atom. The largest absolute Gasteiger partial charge is 0.354 e. The summed E-state index contributed by atoms with van der Waals surface area (Å²) in [7, 11) is 4.09. The van der Waals surface area contributed by atoms with Gasteiger partial charge < -0.3 is 15.5 Å². The summed E-state index contributed by atoms with van der Waals surface area (Å²) in [6, 6.07) is 16.6. The summed E-state index contributed by atoms with van der Waals surface area (Å²) in [4.78, 5) is 11.3. The van der Waals surface area contributed by atoms with Crippen LogP contribution in [0.4, 0.5) is 21.8 Å². The highest BCUT2D eigenvalue weighted by Crippen LogP contribution is 2.26. The number of nitrogens with one attached hydrogen (secondary N) is 2. The van der Waals surface area contributed by atoms with E-state index in [1.165, 1.54) is 6.07 Å². The molecule has 3 rings (SSSR count). The van der Waals surface area contributed by atoms with Crippen molar-refractivity contribution in [3.8, 4) is 11.3 Å². The molecule has 28 heavy (non-hydrogen) atoms. The van der Waals surface area contributed by atoms with Crippen LogP contribution in [0, 0.1) is 5.82 Å². The van der Waals surface area contributed by atoms with E-state index in [0.29, 0.717) is 21.9 Å². The van der Waals surface area contributed by atoms with Crippen LogP contribution in [0.25, 0.3) is 11.3 Å². The predicted molar refractivity (Wildman–Crippen MR) is 117 cm³/mol. The second kappa shape index (κ2) is 9.61. The van der Waals surface area contributed by atoms with Crippen molar-refractivity contribution >= 4 is 33.4 Å². The third-order valence-electron chi connectivity index (χ3n) is 4.05. The maximum Gasteiger partial charge on any atom is 0.225 e. The number of anilines is 3. The van der Waals surface area contributed by atoms with E-state index in [9.17, 15) is 4.39 Å². The lowest BCUT2D eigenvalue weighted by Gasteiger charge is -2.13. The van der Waals surface area contributed by atoms with E-state index in [-0.39, 0.29) is 5.82 Å². The van der Waals surface area contributed by atoms with Gasteiger partial charge in [0.1, 0.15) is 11.6 Å². The zero-order valence-electron chi connectivity index (χ0n) is 15.9. The monoisotopic (exact) mass is 443 g/mol. The normalized spacial score (nSPS) is 10.9. The van der Waals surface area contributed by atoms with E-state index in [2.05, 4.69) is 41.4 Å². The third kappa shape index (κ3) is 5.74. The van der Waals surface area contributed by atoms with E-state index < -0.39 is 0 Å². The second-order valence-electron chi connectivity index (χ2n) is 6.66. The highest BCUT2D eigenvalue weighted by Gasteiger charge is 2.09. The molecule has 0 fully saturated rings. The number of halogens is 2. The van der Waals surface area contributed by atoms with Gasteiger partial charge in [0.25, 0.3) is 0 Å². The van der Waals surface area contributed by atoms with Crippen molar-refractivity contribution in [3.05, 3.63) is 64.9 Å². The van der Waals surface area contributed by atoms with Crippen molar-refractivity contribution in [2.24, 2.45) is 0 Å². The van der Waals surface area contributed by atoms with Crippen molar-refractivity contribution in [1.82, 2.24) is 14.9 Å². The van der Waals surface area contributed by atoms with Crippen LogP contribution in [0.3, 0.4) is 0 Å². The first-order chi connectivity index (χ1) is 13.5. The minimum Gasteiger partial charge on any atom is -0.354 e. The molecule has 3 aromatic rings. The summed E-state index contributed by atoms with van der Waals surface area (Å²) >= 11 is 3.27. The van der Waals surface area contributed by atoms with Gasteiger partial charge in [0.2, 0.25) is 5.95 Å². The van der Waals surface area contributed by atoms with Crippen LogP contribution < -0.4 is 10.6 Å². The molecule has 0 saturated carbocycles. The Kier molecular flexibility index (Phi) is 6.95. The number of benzene rings is 2. The number of hydrogen-bond acceptors (Lipinski definition) is 5. The Bertz CT molecular complexity index is 918. The molecule has 0 aliphatic carbocycles. The Hall–Kier alpha value is -2.51. The van der Waals surface area contributed by atoms with Crippen LogP contribution in [0.1, 0.15) is 6.42 Å². The van der Waals surface area contributed by atoms with E-state index >= 15 is 0 Å². The van der Waals surface area contributed by atoms with Crippen LogP contribution in [-0.4, -0.2) is 42.1 Å². The van der Waals surface area contributed by atoms with Crippen LogP contribution in [0.15, 0.2) is 59.1 Å². The number of aromatic nitrogens is 2. The lowest BCUT2D eigenvalue weighted by atomic mass is 10.1. The molecule has 0 saturated heterocycles. The molecule has 2 N–H and O–H groups in total. The lowest BCUT2D eigenvalue weighted by Crippen LogP contribution is -2.17. The van der Waals surface area contributed by atoms with Crippen LogP contribution in [-0.2, 0) is 0 Å². The van der Waals surface area contributed by atoms with Gasteiger partial charge in [0, 0.05) is 22.6 Å². The molecular formula is C21H23BrFN5. The fourth-order valence-electron chi connectivity index (χ4n) is 2.67. The number of rotatable bonds is 8. The molecule has 0 aliphatic rings. The Morgan fingerprint density at radius 3 is 2.54 bits per heavy atom. The molecule has 1 aromatic heterocycles. The summed E-state index contributed by atoms with van der Waals surface area (Å²) in [6.45, 7) is 1.73. The SMILES string of the molecule is CN(C)CCCNc1nc(Nc2ccc(Br)cc2F)cc(-c2ccccc2)n1. The molecule has 0 radical (unpaired) electrons. The first kappa shape index (κ1) is 20.2. The molecule has 5 nitrogen and oxygen atoms in total. The van der Waals surface area contributed by atoms with Gasteiger partial charge in [-0.15, -0.1) is 0 Å². The van der Waals surface area contributed by atoms with Crippen LogP contribution >= 0.6 is 15.9 Å². The van der Waals surface area contributed by atoms with Gasteiger partial charge >= 0.3 is 0 Å². The molecule has 0 atom stereocenters. The highest BCUT2D eigenvalue weighted by molar-refractivity contribution is 9.10. The minimum atomic E-state index is -0.352. The summed E-state index contributed by atoms with van der Waals surface area (Å²) < 4.78 is 14.9. The highest BCUT2D eigenvalue weighted by atomic mass is 79.9. The molecule has 1 heterocycles. The lowest BCUT2D eigenvalue weighted by molar-refractivity contribution is 0.405. The third-order valence-corrected chi connectivity index (χ3v) is 4.55. The first-order valence-electron chi connectivity index (χ1n) is 9.06. The van der Waals surface area contributed by atoms with E-state index in [4.69, 9.17) is 0 Å². The molecule has 0 amide bonds. The van der Waals surface area contributed by atoms with Crippen LogP contribution in [0.5, 0.6) is 0 Å². The molecule has 2 aromatic carbocycles. The Morgan fingerprint density at radius 2 is 1.82 bits per heavy atom. The van der Waals surface area contributed by atoms with Crippen molar-refractivity contribution in [2.75, 3.05) is 37.8 Å². The topological polar surface area (TPSA) is 53.1 Å². The molecule has 146 valence electrons. The maximum atomic E-state index is 14.2. The minimum absolute atomic E-state index is 0.352. The summed E-state index contributed by atoms with van der Waals surface area (Å²) in [5, 5.41) is 6.33. The molecule has 7 heteroatoms. The second-order valence-corrected chi connectivity index (χ2v) is 7.58. The average Bonchev–Trinajstić information content (AvgIpc) is 2.68. The van der Waals surface area contributed by atoms with Gasteiger partial charge in [0.05, 0.1) is 11.4 Å². The standard InChI is InChI=1S/C21H23BrFN5/c1-28(2)12-6-11-24-21-26-19(15-7-4-3-5-8-15)14-20(27-21)25-18-10-9-16(22)13-17(18)23/h3-5,7-10,13-14H,6,11-12H2,1-2H3,(H2,24,25,26,27). The maximum absolute atomic E-state index is 14.2. The van der Waals surface area contributed by atoms with E-state index in [1.807, 2.05) is 50.5 Å². The summed E-state index contributed by atoms with van der Waals surface area (Å²) in [6.07, 6.45) is 0.968. The van der Waals surface area contributed by atoms with Crippen LogP contribution in [0.2, 0.25) is 0 Å². The van der Waals surface area contributed by atoms with Gasteiger partial charge in [-0.05, 0) is 45.3 Å². The fourth-order valence-corrected chi connectivity index (χ4v) is 3.00. The molecule has 0 spiro atoms. The molecular weight excluding hydrogens is 421 g/mol. The number of nitrogens with zero attached hydrogens (tertiary/aromatic N) is 3. The zero-order chi connectivity index (χ0) is 19.9. The van der Waals surface area contributed by atoms with E-state index in [1.54, 1.807) is 12.1 Å². The number of hydrogen-bond donors (Lipinski definition) is 2. The summed E-state index contributed by atoms with van der Waals surface area (Å²) in [5.41, 5.74) is 2.10. The van der Waals surface area contributed by atoms with Gasteiger partial charge in [-0.2, -0.15) is 4.98 Å². The fraction of sp³-hybridized carbons (Fsp3) is 0.238. The first-order valence-corrected chi connectivity index (χ1v) is 9.86. The van der Waals surface area contributed by atoms with Gasteiger partial charge in [-0.3, -0.25) is 0 Å². The van der Waals surface area contributed by atoms with Crippen molar-refractivity contribution in [1.29, 1.82) is 0 Å². The zero-order valence-corrected chi connectivity index (χ0v) is 17.5. The quantitative estimate of drug-likeness (QED) is 0.471. The smallest absolute Gasteiger partial charge is 0.225 e. The van der Waals surface area contributed by atoms with Gasteiger partial charge in [0.15, 0.2) is 0 Å². The Labute approximate surface area is 173 Å². The van der Waals surface area contributed by atoms with Crippen molar-refractivity contribution < 1.29 is 4.39 Å². The van der Waals surface area contributed by atoms with Gasteiger partial charge in [-0.1, -0.05) is 46.3 Å². The predicted octanol–water partition coefficient (Wildman–Crippen LogP) is 5.15.